The number of nitrogens with one attached hydrogen (secondary N) is 2. The van der Waals surface area contributed by atoms with Gasteiger partial charge in [0, 0.05) is 6.54 Å². The van der Waals surface area contributed by atoms with E-state index >= 15 is 0 Å². The minimum Gasteiger partial charge on any atom is -0.492 e. The van der Waals surface area contributed by atoms with E-state index < -0.39 is 6.10 Å². The van der Waals surface area contributed by atoms with Crippen LogP contribution in [-0.2, 0) is 0 Å². The Morgan fingerprint density at radius 1 is 1.25 bits per heavy atom. The summed E-state index contributed by atoms with van der Waals surface area (Å²) in [4.78, 5) is 11.5. The molecule has 5 heteroatoms. The summed E-state index contributed by atoms with van der Waals surface area (Å²) in [7, 11) is 0. The van der Waals surface area contributed by atoms with E-state index in [1.54, 1.807) is 0 Å². The summed E-state index contributed by atoms with van der Waals surface area (Å²) in [5.41, 5.74) is 0. The quantitative estimate of drug-likeness (QED) is 0.636. The van der Waals surface area contributed by atoms with Gasteiger partial charge in [0.25, 0.3) is 0 Å². The van der Waals surface area contributed by atoms with Crippen LogP contribution in [0.3, 0.4) is 0 Å². The summed E-state index contributed by atoms with van der Waals surface area (Å²) in [5, 5.41) is 14.9. The van der Waals surface area contributed by atoms with Crippen LogP contribution in [0.15, 0.2) is 30.3 Å². The lowest BCUT2D eigenvalue weighted by atomic mass is 10.1. The third-order valence-corrected chi connectivity index (χ3v) is 2.64. The van der Waals surface area contributed by atoms with Gasteiger partial charge in [-0.05, 0) is 24.5 Å². The zero-order valence-electron chi connectivity index (χ0n) is 12.1. The Morgan fingerprint density at radius 2 is 1.95 bits per heavy atom. The summed E-state index contributed by atoms with van der Waals surface area (Å²) >= 11 is 0. The number of urea groups is 1. The van der Waals surface area contributed by atoms with Crippen molar-refractivity contribution in [2.45, 2.75) is 26.4 Å². The minimum absolute atomic E-state index is 0.267. The summed E-state index contributed by atoms with van der Waals surface area (Å²) in [6.45, 7) is 5.16. The third-order valence-electron chi connectivity index (χ3n) is 2.64. The summed E-state index contributed by atoms with van der Waals surface area (Å²) in [6.07, 6.45) is 0.179. The number of carbonyl (C=O) groups is 1. The number of carbonyl (C=O) groups excluding carboxylic acids is 1. The van der Waals surface area contributed by atoms with E-state index in [4.69, 9.17) is 4.74 Å². The van der Waals surface area contributed by atoms with Gasteiger partial charge in [0.2, 0.25) is 0 Å². The van der Waals surface area contributed by atoms with Crippen LogP contribution in [0, 0.1) is 5.92 Å². The second-order valence-corrected chi connectivity index (χ2v) is 5.08. The monoisotopic (exact) mass is 280 g/mol. The molecular weight excluding hydrogens is 256 g/mol. The van der Waals surface area contributed by atoms with Crippen molar-refractivity contribution in [1.29, 1.82) is 0 Å². The topological polar surface area (TPSA) is 70.6 Å². The Balaban J connectivity index is 2.05. The maximum absolute atomic E-state index is 11.5. The van der Waals surface area contributed by atoms with Crippen molar-refractivity contribution >= 4 is 6.03 Å². The fourth-order valence-electron chi connectivity index (χ4n) is 1.75. The van der Waals surface area contributed by atoms with Gasteiger partial charge in [-0.25, -0.2) is 4.79 Å². The number of rotatable bonds is 8. The van der Waals surface area contributed by atoms with Crippen molar-refractivity contribution in [3.05, 3.63) is 30.3 Å². The predicted molar refractivity (Wildman–Crippen MR) is 78.8 cm³/mol. The van der Waals surface area contributed by atoms with E-state index in [1.165, 1.54) is 0 Å². The van der Waals surface area contributed by atoms with Gasteiger partial charge in [-0.1, -0.05) is 32.0 Å². The Hall–Kier alpha value is -1.75. The third kappa shape index (κ3) is 7.63. The SMILES string of the molecule is CC(C)CC(O)CNC(=O)NCCOc1ccccc1. The molecule has 1 aromatic carbocycles. The van der Waals surface area contributed by atoms with Gasteiger partial charge < -0.3 is 20.5 Å². The Labute approximate surface area is 120 Å². The molecule has 1 rings (SSSR count). The van der Waals surface area contributed by atoms with Gasteiger partial charge in [-0.2, -0.15) is 0 Å². The van der Waals surface area contributed by atoms with E-state index in [0.29, 0.717) is 25.5 Å². The van der Waals surface area contributed by atoms with Crippen LogP contribution in [0.4, 0.5) is 4.79 Å². The molecular formula is C15H24N2O3. The molecule has 0 bridgehead atoms. The molecule has 0 spiro atoms. The molecule has 0 aromatic heterocycles. The molecule has 0 fully saturated rings. The zero-order valence-corrected chi connectivity index (χ0v) is 12.1. The molecule has 1 unspecified atom stereocenters. The minimum atomic E-state index is -0.499. The number of para-hydroxylation sites is 1. The molecule has 0 radical (unpaired) electrons. The highest BCUT2D eigenvalue weighted by atomic mass is 16.5. The average molecular weight is 280 g/mol. The van der Waals surface area contributed by atoms with E-state index in [2.05, 4.69) is 10.6 Å². The van der Waals surface area contributed by atoms with Crippen LogP contribution < -0.4 is 15.4 Å². The Morgan fingerprint density at radius 3 is 2.60 bits per heavy atom. The highest BCUT2D eigenvalue weighted by Gasteiger charge is 2.08. The Bertz CT molecular complexity index is 382. The van der Waals surface area contributed by atoms with E-state index in [0.717, 1.165) is 5.75 Å². The molecule has 1 aromatic rings. The van der Waals surface area contributed by atoms with Crippen LogP contribution in [0.1, 0.15) is 20.3 Å². The molecule has 3 N–H and O–H groups in total. The van der Waals surface area contributed by atoms with Crippen molar-refractivity contribution in [1.82, 2.24) is 10.6 Å². The molecule has 0 aliphatic carbocycles. The van der Waals surface area contributed by atoms with Gasteiger partial charge in [-0.3, -0.25) is 0 Å². The van der Waals surface area contributed by atoms with Crippen LogP contribution in [0.2, 0.25) is 0 Å². The molecule has 0 saturated carbocycles. The van der Waals surface area contributed by atoms with E-state index in [-0.39, 0.29) is 12.6 Å². The van der Waals surface area contributed by atoms with Gasteiger partial charge in [0.15, 0.2) is 0 Å². The number of ether oxygens (including phenoxy) is 1. The highest BCUT2D eigenvalue weighted by molar-refractivity contribution is 5.73. The largest absolute Gasteiger partial charge is 0.492 e. The smallest absolute Gasteiger partial charge is 0.315 e. The lowest BCUT2D eigenvalue weighted by Gasteiger charge is -2.14. The molecule has 0 aliphatic heterocycles. The second kappa shape index (κ2) is 9.20. The standard InChI is InChI=1S/C15H24N2O3/c1-12(2)10-13(18)11-17-15(19)16-8-9-20-14-6-4-3-5-7-14/h3-7,12-13,18H,8-11H2,1-2H3,(H2,16,17,19). The molecule has 20 heavy (non-hydrogen) atoms. The average Bonchev–Trinajstić information content (AvgIpc) is 2.42. The first kappa shape index (κ1) is 16.3. The highest BCUT2D eigenvalue weighted by Crippen LogP contribution is 2.07. The van der Waals surface area contributed by atoms with Crippen molar-refractivity contribution < 1.29 is 14.6 Å². The lowest BCUT2D eigenvalue weighted by molar-refractivity contribution is 0.146. The van der Waals surface area contributed by atoms with Crippen molar-refractivity contribution in [2.75, 3.05) is 19.7 Å². The number of hydrogen-bond acceptors (Lipinski definition) is 3. The Kier molecular flexibility index (Phi) is 7.50. The molecule has 112 valence electrons. The maximum Gasteiger partial charge on any atom is 0.315 e. The zero-order chi connectivity index (χ0) is 14.8. The van der Waals surface area contributed by atoms with E-state index in [1.807, 2.05) is 44.2 Å². The molecule has 2 amide bonds. The number of aliphatic hydroxyl groups excluding tert-OH is 1. The molecule has 0 saturated heterocycles. The van der Waals surface area contributed by atoms with Crippen LogP contribution in [-0.4, -0.2) is 36.9 Å². The first-order valence-electron chi connectivity index (χ1n) is 6.95. The fraction of sp³-hybridized carbons (Fsp3) is 0.533. The van der Waals surface area contributed by atoms with Crippen molar-refractivity contribution in [3.63, 3.8) is 0 Å². The van der Waals surface area contributed by atoms with Gasteiger partial charge in [-0.15, -0.1) is 0 Å². The van der Waals surface area contributed by atoms with Crippen molar-refractivity contribution in [3.8, 4) is 5.75 Å². The molecule has 0 aliphatic rings. The van der Waals surface area contributed by atoms with Gasteiger partial charge >= 0.3 is 6.03 Å². The summed E-state index contributed by atoms with van der Waals surface area (Å²) < 4.78 is 5.44. The normalized spacial score (nSPS) is 12.0. The first-order valence-corrected chi connectivity index (χ1v) is 6.95. The fourth-order valence-corrected chi connectivity index (χ4v) is 1.75. The predicted octanol–water partition coefficient (Wildman–Crippen LogP) is 1.77. The van der Waals surface area contributed by atoms with Crippen LogP contribution >= 0.6 is 0 Å². The van der Waals surface area contributed by atoms with E-state index in [9.17, 15) is 9.90 Å². The number of amides is 2. The molecule has 1 atom stereocenters. The number of benzene rings is 1. The molecule has 0 heterocycles. The van der Waals surface area contributed by atoms with Crippen LogP contribution in [0.25, 0.3) is 0 Å². The summed E-state index contributed by atoms with van der Waals surface area (Å²) in [6, 6.07) is 9.15. The number of hydrogen-bond donors (Lipinski definition) is 3. The van der Waals surface area contributed by atoms with Gasteiger partial charge in [0.1, 0.15) is 12.4 Å². The molecule has 5 nitrogen and oxygen atoms in total. The lowest BCUT2D eigenvalue weighted by Crippen LogP contribution is -2.41. The maximum atomic E-state index is 11.5. The van der Waals surface area contributed by atoms with Crippen molar-refractivity contribution in [2.24, 2.45) is 5.92 Å². The van der Waals surface area contributed by atoms with Gasteiger partial charge in [0.05, 0.1) is 12.6 Å². The second-order valence-electron chi connectivity index (χ2n) is 5.08. The summed E-state index contributed by atoms with van der Waals surface area (Å²) in [5.74, 6) is 1.19. The number of aliphatic hydroxyl groups is 1. The first-order chi connectivity index (χ1) is 9.58. The van der Waals surface area contributed by atoms with Crippen LogP contribution in [0.5, 0.6) is 5.75 Å².